The van der Waals surface area contributed by atoms with Crippen LogP contribution >= 0.6 is 0 Å². The molecular weight excluding hydrogens is 467 g/mol. The largest absolute Gasteiger partial charge is 0.462 e. The Labute approximate surface area is 188 Å². The molecule has 0 bridgehead atoms. The zero-order valence-electron chi connectivity index (χ0n) is 17.8. The summed E-state index contributed by atoms with van der Waals surface area (Å²) < 4.78 is 71.3. The standard InChI is InChI=1S/C21H22F3NO7S/c1-14-12-15(21(22,23)24)6-9-19(14)32-16-7-8-18(25(27)28)17(13-16)20(26)31-10-4-3-5-11-33(2,29)30/h6-9,12-13H,3-5,10-11H2,1-2H3. The number of carbonyl (C=O) groups is 1. The third-order valence-corrected chi connectivity index (χ3v) is 5.54. The van der Waals surface area contributed by atoms with Crippen LogP contribution < -0.4 is 4.74 Å². The predicted octanol–water partition coefficient (Wildman–Crippen LogP) is 5.09. The lowest BCUT2D eigenvalue weighted by Gasteiger charge is -2.13. The van der Waals surface area contributed by atoms with E-state index >= 15 is 0 Å². The van der Waals surface area contributed by atoms with Gasteiger partial charge in [0.25, 0.3) is 5.69 Å². The summed E-state index contributed by atoms with van der Waals surface area (Å²) in [5.74, 6) is -0.875. The highest BCUT2D eigenvalue weighted by atomic mass is 32.2. The maximum Gasteiger partial charge on any atom is 0.416 e. The van der Waals surface area contributed by atoms with Gasteiger partial charge in [0.2, 0.25) is 0 Å². The van der Waals surface area contributed by atoms with E-state index in [0.717, 1.165) is 36.6 Å². The van der Waals surface area contributed by atoms with Crippen molar-refractivity contribution in [1.82, 2.24) is 0 Å². The molecule has 2 rings (SSSR count). The molecule has 0 saturated heterocycles. The maximum absolute atomic E-state index is 12.8. The molecule has 2 aromatic rings. The number of nitro groups is 1. The van der Waals surface area contributed by atoms with Crippen molar-refractivity contribution >= 4 is 21.5 Å². The van der Waals surface area contributed by atoms with E-state index in [-0.39, 0.29) is 35.0 Å². The molecule has 0 spiro atoms. The molecule has 0 unspecified atom stereocenters. The van der Waals surface area contributed by atoms with Crippen molar-refractivity contribution in [3.63, 3.8) is 0 Å². The van der Waals surface area contributed by atoms with Crippen LogP contribution in [0, 0.1) is 17.0 Å². The van der Waals surface area contributed by atoms with Gasteiger partial charge >= 0.3 is 12.1 Å². The number of nitrogens with zero attached hydrogens (tertiary/aromatic N) is 1. The van der Waals surface area contributed by atoms with E-state index in [1.165, 1.54) is 13.0 Å². The zero-order valence-corrected chi connectivity index (χ0v) is 18.7. The molecule has 0 radical (unpaired) electrons. The van der Waals surface area contributed by atoms with Crippen molar-refractivity contribution in [2.75, 3.05) is 18.6 Å². The Morgan fingerprint density at radius 2 is 1.79 bits per heavy atom. The Kier molecular flexibility index (Phi) is 8.42. The minimum Gasteiger partial charge on any atom is -0.462 e. The van der Waals surface area contributed by atoms with Crippen LogP contribution in [-0.2, 0) is 20.8 Å². The van der Waals surface area contributed by atoms with E-state index in [9.17, 15) is 36.5 Å². The normalized spacial score (nSPS) is 11.8. The first-order valence-electron chi connectivity index (χ1n) is 9.77. The number of alkyl halides is 3. The van der Waals surface area contributed by atoms with Gasteiger partial charge in [-0.1, -0.05) is 0 Å². The molecule has 0 amide bonds. The Morgan fingerprint density at radius 3 is 2.36 bits per heavy atom. The van der Waals surface area contributed by atoms with E-state index in [1.54, 1.807) is 0 Å². The predicted molar refractivity (Wildman–Crippen MR) is 113 cm³/mol. The first-order valence-corrected chi connectivity index (χ1v) is 11.8. The quantitative estimate of drug-likeness (QED) is 0.198. The molecule has 0 saturated carbocycles. The third-order valence-electron chi connectivity index (χ3n) is 4.51. The lowest BCUT2D eigenvalue weighted by atomic mass is 10.1. The maximum atomic E-state index is 12.8. The molecule has 0 fully saturated rings. The van der Waals surface area contributed by atoms with Crippen LogP contribution in [0.15, 0.2) is 36.4 Å². The van der Waals surface area contributed by atoms with Gasteiger partial charge in [0.1, 0.15) is 26.9 Å². The second-order valence-corrected chi connectivity index (χ2v) is 9.60. The number of unbranched alkanes of at least 4 members (excludes halogenated alkanes) is 2. The number of carbonyl (C=O) groups excluding carboxylic acids is 1. The van der Waals surface area contributed by atoms with Crippen molar-refractivity contribution in [2.24, 2.45) is 0 Å². The Hall–Kier alpha value is -3.15. The third kappa shape index (κ3) is 8.04. The number of nitro benzene ring substituents is 1. The molecule has 0 atom stereocenters. The lowest BCUT2D eigenvalue weighted by Crippen LogP contribution is -2.10. The number of halogens is 3. The molecule has 0 aliphatic rings. The van der Waals surface area contributed by atoms with Crippen LogP contribution in [0.25, 0.3) is 0 Å². The lowest BCUT2D eigenvalue weighted by molar-refractivity contribution is -0.385. The fourth-order valence-corrected chi connectivity index (χ4v) is 3.58. The number of hydrogen-bond donors (Lipinski definition) is 0. The monoisotopic (exact) mass is 489 g/mol. The highest BCUT2D eigenvalue weighted by molar-refractivity contribution is 7.90. The summed E-state index contributed by atoms with van der Waals surface area (Å²) in [7, 11) is -3.08. The molecule has 12 heteroatoms. The van der Waals surface area contributed by atoms with Gasteiger partial charge in [-0.3, -0.25) is 10.1 Å². The smallest absolute Gasteiger partial charge is 0.416 e. The van der Waals surface area contributed by atoms with Gasteiger partial charge in [-0.15, -0.1) is 0 Å². The van der Waals surface area contributed by atoms with Crippen molar-refractivity contribution in [3.05, 3.63) is 63.2 Å². The van der Waals surface area contributed by atoms with Gasteiger partial charge in [-0.25, -0.2) is 13.2 Å². The summed E-state index contributed by atoms with van der Waals surface area (Å²) >= 11 is 0. The van der Waals surface area contributed by atoms with Crippen LogP contribution in [0.5, 0.6) is 11.5 Å². The summed E-state index contributed by atoms with van der Waals surface area (Å²) in [6.45, 7) is 1.35. The summed E-state index contributed by atoms with van der Waals surface area (Å²) in [5, 5.41) is 11.3. The SMILES string of the molecule is Cc1cc(C(F)(F)F)ccc1Oc1ccc([N+](=O)[O-])c(C(=O)OCCCCCS(C)(=O)=O)c1. The summed E-state index contributed by atoms with van der Waals surface area (Å²) in [6.07, 6.45) is -2.15. The molecule has 33 heavy (non-hydrogen) atoms. The first kappa shape index (κ1) is 26.1. The van der Waals surface area contributed by atoms with Gasteiger partial charge in [0, 0.05) is 24.1 Å². The first-order chi connectivity index (χ1) is 15.3. The second kappa shape index (κ2) is 10.6. The van der Waals surface area contributed by atoms with Gasteiger partial charge in [0.15, 0.2) is 0 Å². The van der Waals surface area contributed by atoms with Crippen LogP contribution in [0.4, 0.5) is 18.9 Å². The average molecular weight is 489 g/mol. The van der Waals surface area contributed by atoms with E-state index in [0.29, 0.717) is 19.3 Å². The minimum atomic E-state index is -4.52. The van der Waals surface area contributed by atoms with E-state index in [1.807, 2.05) is 0 Å². The fourth-order valence-electron chi connectivity index (χ4n) is 2.85. The van der Waals surface area contributed by atoms with Crippen LogP contribution in [-0.4, -0.2) is 37.9 Å². The Bertz CT molecular complexity index is 1130. The molecule has 0 aliphatic carbocycles. The number of hydrogen-bond acceptors (Lipinski definition) is 7. The van der Waals surface area contributed by atoms with Gasteiger partial charge in [0.05, 0.1) is 17.1 Å². The molecule has 180 valence electrons. The number of sulfone groups is 1. The van der Waals surface area contributed by atoms with Crippen LogP contribution in [0.3, 0.4) is 0 Å². The number of aryl methyl sites for hydroxylation is 1. The fraction of sp³-hybridized carbons (Fsp3) is 0.381. The molecule has 0 N–H and O–H groups in total. The topological polar surface area (TPSA) is 113 Å². The summed E-state index contributed by atoms with van der Waals surface area (Å²) in [5.41, 5.74) is -1.56. The molecule has 0 heterocycles. The summed E-state index contributed by atoms with van der Waals surface area (Å²) in [4.78, 5) is 22.9. The highest BCUT2D eigenvalue weighted by Crippen LogP contribution is 2.34. The molecule has 2 aromatic carbocycles. The summed E-state index contributed by atoms with van der Waals surface area (Å²) in [6, 6.07) is 6.20. The van der Waals surface area contributed by atoms with E-state index in [2.05, 4.69) is 0 Å². The molecule has 0 aliphatic heterocycles. The van der Waals surface area contributed by atoms with Crippen molar-refractivity contribution in [2.45, 2.75) is 32.4 Å². The Balaban J connectivity index is 2.11. The van der Waals surface area contributed by atoms with Crippen LogP contribution in [0.2, 0.25) is 0 Å². The minimum absolute atomic E-state index is 0.00330. The van der Waals surface area contributed by atoms with Gasteiger partial charge in [-0.05, 0) is 56.0 Å². The van der Waals surface area contributed by atoms with Crippen LogP contribution in [0.1, 0.15) is 40.7 Å². The number of esters is 1. The van der Waals surface area contributed by atoms with Gasteiger partial charge in [-0.2, -0.15) is 13.2 Å². The molecular formula is C21H22F3NO7S. The number of benzene rings is 2. The van der Waals surface area contributed by atoms with Crippen molar-refractivity contribution in [1.29, 1.82) is 0 Å². The van der Waals surface area contributed by atoms with Crippen molar-refractivity contribution < 1.29 is 40.8 Å². The average Bonchev–Trinajstić information content (AvgIpc) is 2.70. The zero-order chi connectivity index (χ0) is 24.8. The highest BCUT2D eigenvalue weighted by Gasteiger charge is 2.31. The number of rotatable bonds is 10. The molecule has 8 nitrogen and oxygen atoms in total. The molecule has 0 aromatic heterocycles. The van der Waals surface area contributed by atoms with Gasteiger partial charge < -0.3 is 9.47 Å². The van der Waals surface area contributed by atoms with Crippen molar-refractivity contribution in [3.8, 4) is 11.5 Å². The Morgan fingerprint density at radius 1 is 1.09 bits per heavy atom. The number of ether oxygens (including phenoxy) is 2. The van der Waals surface area contributed by atoms with E-state index in [4.69, 9.17) is 9.47 Å². The second-order valence-electron chi connectivity index (χ2n) is 7.34. The van der Waals surface area contributed by atoms with E-state index < -0.39 is 38.2 Å².